The summed E-state index contributed by atoms with van der Waals surface area (Å²) in [6.07, 6.45) is 7.97. The van der Waals surface area contributed by atoms with Crippen molar-refractivity contribution in [2.45, 2.75) is 26.7 Å². The standard InChI is InChI=1S/C17H19N5O/c1-12-17(13(2)23-20-12)15-9-14(22-8-5-18-11-22)10-16(19-15)21-6-3-4-7-21/h5,8-11H,3-4,6-7H2,1-2H3. The van der Waals surface area contributed by atoms with E-state index in [0.717, 1.165) is 47.3 Å². The number of anilines is 1. The van der Waals surface area contributed by atoms with Gasteiger partial charge in [-0.15, -0.1) is 0 Å². The molecule has 0 spiro atoms. The summed E-state index contributed by atoms with van der Waals surface area (Å²) in [7, 11) is 0. The van der Waals surface area contributed by atoms with E-state index in [1.54, 1.807) is 12.5 Å². The van der Waals surface area contributed by atoms with Crippen molar-refractivity contribution >= 4 is 5.82 Å². The first kappa shape index (κ1) is 14.0. The first-order valence-electron chi connectivity index (χ1n) is 7.91. The molecule has 4 rings (SSSR count). The molecule has 0 saturated carbocycles. The molecular formula is C17H19N5O. The van der Waals surface area contributed by atoms with Crippen LogP contribution < -0.4 is 4.90 Å². The molecule has 118 valence electrons. The molecule has 0 amide bonds. The summed E-state index contributed by atoms with van der Waals surface area (Å²) in [5.74, 6) is 1.80. The average molecular weight is 309 g/mol. The van der Waals surface area contributed by atoms with Gasteiger partial charge in [0.05, 0.1) is 29.0 Å². The van der Waals surface area contributed by atoms with E-state index in [-0.39, 0.29) is 0 Å². The third kappa shape index (κ3) is 2.50. The fourth-order valence-corrected chi connectivity index (χ4v) is 3.15. The van der Waals surface area contributed by atoms with E-state index in [1.807, 2.05) is 24.6 Å². The molecule has 0 N–H and O–H groups in total. The van der Waals surface area contributed by atoms with Crippen LogP contribution in [0.2, 0.25) is 0 Å². The molecule has 6 heteroatoms. The Labute approximate surface area is 134 Å². The Kier molecular flexibility index (Phi) is 3.37. The smallest absolute Gasteiger partial charge is 0.143 e. The lowest BCUT2D eigenvalue weighted by Crippen LogP contribution is -2.19. The van der Waals surface area contributed by atoms with Crippen molar-refractivity contribution in [3.05, 3.63) is 42.3 Å². The molecule has 1 fully saturated rings. The molecule has 0 aromatic carbocycles. The summed E-state index contributed by atoms with van der Waals surface area (Å²) >= 11 is 0. The van der Waals surface area contributed by atoms with Gasteiger partial charge in [-0.25, -0.2) is 9.97 Å². The highest BCUT2D eigenvalue weighted by Crippen LogP contribution is 2.30. The quantitative estimate of drug-likeness (QED) is 0.744. The van der Waals surface area contributed by atoms with E-state index in [9.17, 15) is 0 Å². The Bertz CT molecular complexity index is 796. The molecule has 23 heavy (non-hydrogen) atoms. The lowest BCUT2D eigenvalue weighted by atomic mass is 10.1. The molecule has 0 bridgehead atoms. The SMILES string of the molecule is Cc1noc(C)c1-c1cc(-n2ccnc2)cc(N2CCCC2)n1. The van der Waals surface area contributed by atoms with Crippen LogP contribution in [-0.4, -0.2) is 32.8 Å². The lowest BCUT2D eigenvalue weighted by Gasteiger charge is -2.19. The minimum absolute atomic E-state index is 0.796. The Morgan fingerprint density at radius 2 is 1.96 bits per heavy atom. The van der Waals surface area contributed by atoms with Crippen LogP contribution in [0.25, 0.3) is 16.9 Å². The third-order valence-corrected chi connectivity index (χ3v) is 4.32. The average Bonchev–Trinajstić information content (AvgIpc) is 3.29. The summed E-state index contributed by atoms with van der Waals surface area (Å²) in [4.78, 5) is 11.4. The van der Waals surface area contributed by atoms with Gasteiger partial charge >= 0.3 is 0 Å². The van der Waals surface area contributed by atoms with Crippen LogP contribution in [0.5, 0.6) is 0 Å². The molecule has 0 aliphatic carbocycles. The van der Waals surface area contributed by atoms with E-state index in [2.05, 4.69) is 27.2 Å². The second kappa shape index (κ2) is 5.53. The highest BCUT2D eigenvalue weighted by atomic mass is 16.5. The van der Waals surface area contributed by atoms with Gasteiger partial charge in [0, 0.05) is 31.5 Å². The van der Waals surface area contributed by atoms with Gasteiger partial charge in [0.25, 0.3) is 0 Å². The summed E-state index contributed by atoms with van der Waals surface area (Å²) < 4.78 is 7.33. The van der Waals surface area contributed by atoms with Gasteiger partial charge in [-0.05, 0) is 32.8 Å². The maximum atomic E-state index is 5.32. The number of hydrogen-bond acceptors (Lipinski definition) is 5. The predicted octanol–water partition coefficient (Wildman–Crippen LogP) is 3.14. The Morgan fingerprint density at radius 3 is 2.61 bits per heavy atom. The van der Waals surface area contributed by atoms with Crippen molar-refractivity contribution in [2.75, 3.05) is 18.0 Å². The van der Waals surface area contributed by atoms with E-state index in [1.165, 1.54) is 12.8 Å². The molecule has 0 radical (unpaired) electrons. The second-order valence-electron chi connectivity index (χ2n) is 5.93. The van der Waals surface area contributed by atoms with E-state index in [0.29, 0.717) is 0 Å². The highest BCUT2D eigenvalue weighted by molar-refractivity contribution is 5.68. The first-order chi connectivity index (χ1) is 11.2. The zero-order chi connectivity index (χ0) is 15.8. The summed E-state index contributed by atoms with van der Waals surface area (Å²) in [6.45, 7) is 5.99. The van der Waals surface area contributed by atoms with Crippen LogP contribution >= 0.6 is 0 Å². The number of aromatic nitrogens is 4. The number of nitrogens with zero attached hydrogens (tertiary/aromatic N) is 5. The zero-order valence-corrected chi connectivity index (χ0v) is 13.4. The number of imidazole rings is 1. The van der Waals surface area contributed by atoms with Gasteiger partial charge in [0.2, 0.25) is 0 Å². The van der Waals surface area contributed by atoms with Crippen LogP contribution in [0.15, 0.2) is 35.4 Å². The second-order valence-corrected chi connectivity index (χ2v) is 5.93. The van der Waals surface area contributed by atoms with Gasteiger partial charge in [0.15, 0.2) is 0 Å². The van der Waals surface area contributed by atoms with Crippen molar-refractivity contribution in [1.29, 1.82) is 0 Å². The van der Waals surface area contributed by atoms with Crippen LogP contribution in [0.4, 0.5) is 5.82 Å². The van der Waals surface area contributed by atoms with Crippen molar-refractivity contribution in [3.8, 4) is 16.9 Å². The molecule has 1 saturated heterocycles. The van der Waals surface area contributed by atoms with Crippen LogP contribution in [-0.2, 0) is 0 Å². The topological polar surface area (TPSA) is 60.0 Å². The van der Waals surface area contributed by atoms with Crippen molar-refractivity contribution in [2.24, 2.45) is 0 Å². The number of pyridine rings is 1. The largest absolute Gasteiger partial charge is 0.361 e. The van der Waals surface area contributed by atoms with E-state index >= 15 is 0 Å². The Morgan fingerprint density at radius 1 is 1.13 bits per heavy atom. The van der Waals surface area contributed by atoms with Gasteiger partial charge in [-0.2, -0.15) is 0 Å². The predicted molar refractivity (Wildman–Crippen MR) is 87.8 cm³/mol. The minimum Gasteiger partial charge on any atom is -0.361 e. The van der Waals surface area contributed by atoms with Crippen LogP contribution in [0.3, 0.4) is 0 Å². The number of rotatable bonds is 3. The molecule has 0 atom stereocenters. The summed E-state index contributed by atoms with van der Waals surface area (Å²) in [5.41, 5.74) is 3.79. The molecule has 3 aromatic rings. The fourth-order valence-electron chi connectivity index (χ4n) is 3.15. The molecule has 4 heterocycles. The summed E-state index contributed by atoms with van der Waals surface area (Å²) in [5, 5.41) is 4.06. The highest BCUT2D eigenvalue weighted by Gasteiger charge is 2.19. The fraction of sp³-hybridized carbons (Fsp3) is 0.353. The zero-order valence-electron chi connectivity index (χ0n) is 13.4. The molecule has 6 nitrogen and oxygen atoms in total. The number of aryl methyl sites for hydroxylation is 2. The molecular weight excluding hydrogens is 290 g/mol. The van der Waals surface area contributed by atoms with Gasteiger partial charge in [0.1, 0.15) is 11.6 Å². The van der Waals surface area contributed by atoms with Crippen LogP contribution in [0.1, 0.15) is 24.3 Å². The first-order valence-corrected chi connectivity index (χ1v) is 7.91. The van der Waals surface area contributed by atoms with Crippen molar-refractivity contribution in [3.63, 3.8) is 0 Å². The third-order valence-electron chi connectivity index (χ3n) is 4.32. The van der Waals surface area contributed by atoms with Crippen molar-refractivity contribution < 1.29 is 4.52 Å². The monoisotopic (exact) mass is 309 g/mol. The maximum Gasteiger partial charge on any atom is 0.143 e. The molecule has 1 aliphatic heterocycles. The Hall–Kier alpha value is -2.63. The summed E-state index contributed by atoms with van der Waals surface area (Å²) in [6, 6.07) is 4.18. The number of hydrogen-bond donors (Lipinski definition) is 0. The molecule has 3 aromatic heterocycles. The van der Waals surface area contributed by atoms with Gasteiger partial charge in [-0.3, -0.25) is 0 Å². The van der Waals surface area contributed by atoms with Crippen LogP contribution in [0, 0.1) is 13.8 Å². The minimum atomic E-state index is 0.796. The molecule has 1 aliphatic rings. The van der Waals surface area contributed by atoms with E-state index < -0.39 is 0 Å². The normalized spacial score (nSPS) is 14.6. The van der Waals surface area contributed by atoms with Crippen molar-refractivity contribution in [1.82, 2.24) is 19.7 Å². The Balaban J connectivity index is 1.88. The maximum absolute atomic E-state index is 5.32. The van der Waals surface area contributed by atoms with Gasteiger partial charge < -0.3 is 14.0 Å². The lowest BCUT2D eigenvalue weighted by molar-refractivity contribution is 0.393. The molecule has 0 unspecified atom stereocenters. The van der Waals surface area contributed by atoms with E-state index in [4.69, 9.17) is 9.51 Å². The van der Waals surface area contributed by atoms with Gasteiger partial charge in [-0.1, -0.05) is 5.16 Å².